The first-order valence-corrected chi connectivity index (χ1v) is 6.38. The van der Waals surface area contributed by atoms with Crippen molar-refractivity contribution in [2.45, 2.75) is 19.0 Å². The van der Waals surface area contributed by atoms with Gasteiger partial charge in [0.2, 0.25) is 5.91 Å². The van der Waals surface area contributed by atoms with E-state index >= 15 is 0 Å². The van der Waals surface area contributed by atoms with Gasteiger partial charge >= 0.3 is 0 Å². The zero-order chi connectivity index (χ0) is 15.2. The smallest absolute Gasteiger partial charge is 0.248 e. The van der Waals surface area contributed by atoms with E-state index in [1.165, 1.54) is 18.2 Å². The molecule has 0 saturated heterocycles. The van der Waals surface area contributed by atoms with Crippen LogP contribution in [0.5, 0.6) is 0 Å². The summed E-state index contributed by atoms with van der Waals surface area (Å²) in [6.07, 6.45) is 1.61. The number of primary amides is 1. The van der Waals surface area contributed by atoms with Crippen molar-refractivity contribution in [1.82, 2.24) is 9.78 Å². The van der Waals surface area contributed by atoms with E-state index in [2.05, 4.69) is 10.1 Å². The highest BCUT2D eigenvalue weighted by molar-refractivity contribution is 5.97. The van der Waals surface area contributed by atoms with E-state index in [1.54, 1.807) is 23.9 Å². The minimum absolute atomic E-state index is 0.229. The fraction of sp³-hybridized carbons (Fsp3) is 0.214. The quantitative estimate of drug-likeness (QED) is 0.852. The van der Waals surface area contributed by atoms with Crippen LogP contribution in [-0.4, -0.2) is 21.5 Å². The Labute approximate surface area is 120 Å². The second kappa shape index (κ2) is 4.41. The first kappa shape index (κ1) is 13.3. The molecule has 108 valence electrons. The number of amides is 1. The Morgan fingerprint density at radius 3 is 2.90 bits per heavy atom. The van der Waals surface area contributed by atoms with Gasteiger partial charge in [-0.1, -0.05) is 0 Å². The number of rotatable bonds is 2. The SMILES string of the molecule is CC1(c2cc(C(N)=O)ccc2F)Cn2nccc2C(N)=N1. The van der Waals surface area contributed by atoms with Gasteiger partial charge in [0, 0.05) is 17.3 Å². The maximum atomic E-state index is 14.2. The van der Waals surface area contributed by atoms with Crippen LogP contribution in [0.15, 0.2) is 35.5 Å². The lowest BCUT2D eigenvalue weighted by molar-refractivity contribution is 0.1000. The molecule has 1 aromatic heterocycles. The number of aromatic nitrogens is 2. The molecule has 1 unspecified atom stereocenters. The summed E-state index contributed by atoms with van der Waals surface area (Å²) in [5.41, 5.74) is 11.4. The molecule has 1 atom stereocenters. The molecule has 7 heteroatoms. The molecule has 0 saturated carbocycles. The first-order chi connectivity index (χ1) is 9.90. The average Bonchev–Trinajstić information content (AvgIpc) is 2.87. The van der Waals surface area contributed by atoms with Crippen molar-refractivity contribution in [3.05, 3.63) is 53.1 Å². The topological polar surface area (TPSA) is 99.3 Å². The van der Waals surface area contributed by atoms with Crippen molar-refractivity contribution in [3.63, 3.8) is 0 Å². The van der Waals surface area contributed by atoms with Crippen LogP contribution < -0.4 is 11.5 Å². The second-order valence-corrected chi connectivity index (χ2v) is 5.20. The average molecular weight is 287 g/mol. The van der Waals surface area contributed by atoms with Crippen molar-refractivity contribution in [1.29, 1.82) is 0 Å². The van der Waals surface area contributed by atoms with E-state index < -0.39 is 17.3 Å². The van der Waals surface area contributed by atoms with Gasteiger partial charge in [-0.2, -0.15) is 5.10 Å². The van der Waals surface area contributed by atoms with Crippen molar-refractivity contribution in [3.8, 4) is 0 Å². The lowest BCUT2D eigenvalue weighted by Gasteiger charge is -2.31. The Morgan fingerprint density at radius 1 is 1.43 bits per heavy atom. The molecule has 0 aliphatic carbocycles. The summed E-state index contributed by atoms with van der Waals surface area (Å²) in [7, 11) is 0. The van der Waals surface area contributed by atoms with Crippen LogP contribution in [0, 0.1) is 5.82 Å². The zero-order valence-electron chi connectivity index (χ0n) is 11.4. The van der Waals surface area contributed by atoms with Gasteiger partial charge in [-0.05, 0) is 31.2 Å². The van der Waals surface area contributed by atoms with Crippen molar-refractivity contribution >= 4 is 11.7 Å². The molecular weight excluding hydrogens is 273 g/mol. The molecule has 1 aromatic carbocycles. The van der Waals surface area contributed by atoms with Gasteiger partial charge in [-0.15, -0.1) is 0 Å². The molecule has 2 heterocycles. The fourth-order valence-electron chi connectivity index (χ4n) is 2.56. The Hall–Kier alpha value is -2.70. The van der Waals surface area contributed by atoms with Crippen LogP contribution in [0.2, 0.25) is 0 Å². The van der Waals surface area contributed by atoms with Gasteiger partial charge < -0.3 is 11.5 Å². The van der Waals surface area contributed by atoms with Gasteiger partial charge in [-0.3, -0.25) is 14.5 Å². The Kier molecular flexibility index (Phi) is 2.79. The summed E-state index contributed by atoms with van der Waals surface area (Å²) in [6, 6.07) is 5.72. The number of halogens is 1. The zero-order valence-corrected chi connectivity index (χ0v) is 11.4. The third-order valence-corrected chi connectivity index (χ3v) is 3.63. The second-order valence-electron chi connectivity index (χ2n) is 5.20. The van der Waals surface area contributed by atoms with E-state index in [0.717, 1.165) is 0 Å². The van der Waals surface area contributed by atoms with E-state index in [4.69, 9.17) is 11.5 Å². The summed E-state index contributed by atoms with van der Waals surface area (Å²) in [5, 5.41) is 4.16. The minimum atomic E-state index is -0.946. The van der Waals surface area contributed by atoms with E-state index in [0.29, 0.717) is 12.2 Å². The minimum Gasteiger partial charge on any atom is -0.382 e. The largest absolute Gasteiger partial charge is 0.382 e. The van der Waals surface area contributed by atoms with Crippen LogP contribution in [-0.2, 0) is 12.1 Å². The molecule has 1 amide bonds. The fourth-order valence-corrected chi connectivity index (χ4v) is 2.56. The van der Waals surface area contributed by atoms with Gasteiger partial charge in [-0.25, -0.2) is 4.39 Å². The number of carbonyl (C=O) groups is 1. The van der Waals surface area contributed by atoms with Gasteiger partial charge in [0.1, 0.15) is 22.9 Å². The summed E-state index contributed by atoms with van der Waals surface area (Å²) >= 11 is 0. The maximum Gasteiger partial charge on any atom is 0.248 e. The standard InChI is InChI=1S/C14H14FN5O/c1-14(7-20-11(4-5-18-20)12(16)19-14)9-6-8(13(17)21)2-3-10(9)15/h2-6H,7H2,1H3,(H2,16,19)(H2,17,21). The molecule has 0 fully saturated rings. The van der Waals surface area contributed by atoms with Gasteiger partial charge in [0.25, 0.3) is 0 Å². The molecule has 4 N–H and O–H groups in total. The molecule has 0 spiro atoms. The molecule has 2 aromatic rings. The molecule has 0 radical (unpaired) electrons. The highest BCUT2D eigenvalue weighted by Gasteiger charge is 2.35. The van der Waals surface area contributed by atoms with Crippen LogP contribution >= 0.6 is 0 Å². The van der Waals surface area contributed by atoms with Crippen molar-refractivity contribution in [2.24, 2.45) is 16.5 Å². The lowest BCUT2D eigenvalue weighted by atomic mass is 9.89. The molecule has 0 bridgehead atoms. The molecule has 1 aliphatic rings. The molecule has 3 rings (SSSR count). The Bertz CT molecular complexity index is 766. The number of nitrogens with zero attached hydrogens (tertiary/aromatic N) is 3. The number of hydrogen-bond acceptors (Lipinski definition) is 4. The predicted molar refractivity (Wildman–Crippen MR) is 75.2 cm³/mol. The highest BCUT2D eigenvalue weighted by atomic mass is 19.1. The van der Waals surface area contributed by atoms with E-state index in [9.17, 15) is 9.18 Å². The summed E-state index contributed by atoms with van der Waals surface area (Å²) < 4.78 is 15.9. The number of nitrogens with two attached hydrogens (primary N) is 2. The maximum absolute atomic E-state index is 14.2. The van der Waals surface area contributed by atoms with Crippen LogP contribution in [0.1, 0.15) is 28.5 Å². The number of aliphatic imine (C=N–C) groups is 1. The van der Waals surface area contributed by atoms with Crippen LogP contribution in [0.3, 0.4) is 0 Å². The van der Waals surface area contributed by atoms with E-state index in [1.807, 2.05) is 0 Å². The molecule has 6 nitrogen and oxygen atoms in total. The number of hydrogen-bond donors (Lipinski definition) is 2. The Morgan fingerprint density at radius 2 is 2.19 bits per heavy atom. The number of benzene rings is 1. The third-order valence-electron chi connectivity index (χ3n) is 3.63. The van der Waals surface area contributed by atoms with Crippen molar-refractivity contribution < 1.29 is 9.18 Å². The van der Waals surface area contributed by atoms with Crippen LogP contribution in [0.25, 0.3) is 0 Å². The normalized spacial score (nSPS) is 20.8. The lowest BCUT2D eigenvalue weighted by Crippen LogP contribution is -2.38. The predicted octanol–water partition coefficient (Wildman–Crippen LogP) is 0.755. The number of carbonyl (C=O) groups excluding carboxylic acids is 1. The molecular formula is C14H14FN5O. The van der Waals surface area contributed by atoms with Crippen LogP contribution in [0.4, 0.5) is 4.39 Å². The van der Waals surface area contributed by atoms with Gasteiger partial charge in [0.05, 0.1) is 6.54 Å². The summed E-state index contributed by atoms with van der Waals surface area (Å²) in [5.74, 6) is -0.799. The first-order valence-electron chi connectivity index (χ1n) is 6.38. The molecule has 21 heavy (non-hydrogen) atoms. The monoisotopic (exact) mass is 287 g/mol. The third kappa shape index (κ3) is 2.06. The van der Waals surface area contributed by atoms with E-state index in [-0.39, 0.29) is 17.0 Å². The molecule has 1 aliphatic heterocycles. The Balaban J connectivity index is 2.14. The van der Waals surface area contributed by atoms with Gasteiger partial charge in [0.15, 0.2) is 0 Å². The highest BCUT2D eigenvalue weighted by Crippen LogP contribution is 2.33. The number of fused-ring (bicyclic) bond motifs is 1. The summed E-state index contributed by atoms with van der Waals surface area (Å²) in [4.78, 5) is 15.7. The number of amidine groups is 1. The van der Waals surface area contributed by atoms with Crippen molar-refractivity contribution in [2.75, 3.05) is 0 Å². The summed E-state index contributed by atoms with van der Waals surface area (Å²) in [6.45, 7) is 2.07.